The number of benzene rings is 3. The Morgan fingerprint density at radius 3 is 2.06 bits per heavy atom. The Labute approximate surface area is 207 Å². The van der Waals surface area contributed by atoms with Crippen LogP contribution in [0.1, 0.15) is 75.8 Å². The van der Waals surface area contributed by atoms with Crippen molar-refractivity contribution in [2.45, 2.75) is 71.6 Å². The minimum atomic E-state index is -0.854. The standard InChI is InChI=1S/C32H35F3/c1-3-4-5-6-7-8-23-10-12-24(13-11-23)27-18-20-28(30(33)21-27)25-14-16-26(17-15-25)29-19-9-22(2)31(34)32(29)35/h9,12,14-21,23H,3-8,10-11,13H2,1-2H3. The summed E-state index contributed by atoms with van der Waals surface area (Å²) < 4.78 is 43.4. The lowest BCUT2D eigenvalue weighted by molar-refractivity contribution is 0.423. The fourth-order valence-electron chi connectivity index (χ4n) is 5.10. The second-order valence-electron chi connectivity index (χ2n) is 9.90. The van der Waals surface area contributed by atoms with Gasteiger partial charge in [-0.15, -0.1) is 0 Å². The van der Waals surface area contributed by atoms with Gasteiger partial charge in [0.05, 0.1) is 0 Å². The van der Waals surface area contributed by atoms with E-state index < -0.39 is 11.6 Å². The first kappa shape index (κ1) is 25.3. The van der Waals surface area contributed by atoms with Gasteiger partial charge in [0.2, 0.25) is 0 Å². The molecule has 0 aliphatic heterocycles. The van der Waals surface area contributed by atoms with Gasteiger partial charge < -0.3 is 0 Å². The van der Waals surface area contributed by atoms with Crippen LogP contribution in [-0.4, -0.2) is 0 Å². The molecule has 1 atom stereocenters. The van der Waals surface area contributed by atoms with Crippen molar-refractivity contribution in [3.8, 4) is 22.3 Å². The fourth-order valence-corrected chi connectivity index (χ4v) is 5.10. The zero-order chi connectivity index (χ0) is 24.8. The lowest BCUT2D eigenvalue weighted by Crippen LogP contribution is -2.05. The SMILES string of the molecule is CCCCCCCC1CC=C(c2ccc(-c3ccc(-c4ccc(C)c(F)c4F)cc3)c(F)c2)CC1. The number of hydrogen-bond donors (Lipinski definition) is 0. The molecule has 1 aliphatic rings. The van der Waals surface area contributed by atoms with Gasteiger partial charge in [-0.1, -0.05) is 100 Å². The number of aryl methyl sites for hydroxylation is 1. The summed E-state index contributed by atoms with van der Waals surface area (Å²) in [6.45, 7) is 3.78. The number of halogens is 3. The number of allylic oxidation sites excluding steroid dienone is 2. The maximum atomic E-state index is 15.1. The molecule has 0 aromatic heterocycles. The third kappa shape index (κ3) is 6.07. The van der Waals surface area contributed by atoms with Gasteiger partial charge in [-0.25, -0.2) is 13.2 Å². The number of rotatable bonds is 9. The molecule has 0 nitrogen and oxygen atoms in total. The van der Waals surface area contributed by atoms with Gasteiger partial charge in [-0.05, 0) is 66.0 Å². The molecule has 1 unspecified atom stereocenters. The van der Waals surface area contributed by atoms with Crippen LogP contribution in [0, 0.1) is 30.3 Å². The second kappa shape index (κ2) is 11.7. The van der Waals surface area contributed by atoms with E-state index in [2.05, 4.69) is 13.0 Å². The Kier molecular flexibility index (Phi) is 8.49. The molecule has 3 heteroatoms. The molecule has 3 aromatic carbocycles. The Bertz CT molecular complexity index is 1170. The molecular weight excluding hydrogens is 441 g/mol. The van der Waals surface area contributed by atoms with Crippen molar-refractivity contribution in [2.24, 2.45) is 5.92 Å². The largest absolute Gasteiger partial charge is 0.206 e. The molecular formula is C32H35F3. The Hall–Kier alpha value is -2.81. The summed E-state index contributed by atoms with van der Waals surface area (Å²) in [6.07, 6.45) is 13.5. The van der Waals surface area contributed by atoms with Crippen molar-refractivity contribution in [1.29, 1.82) is 0 Å². The highest BCUT2D eigenvalue weighted by atomic mass is 19.2. The van der Waals surface area contributed by atoms with Gasteiger partial charge in [0, 0.05) is 11.1 Å². The van der Waals surface area contributed by atoms with E-state index in [1.807, 2.05) is 12.1 Å². The molecule has 0 heterocycles. The quantitative estimate of drug-likeness (QED) is 0.269. The highest BCUT2D eigenvalue weighted by molar-refractivity contribution is 5.74. The molecule has 0 bridgehead atoms. The first-order valence-electron chi connectivity index (χ1n) is 13.0. The van der Waals surface area contributed by atoms with E-state index in [9.17, 15) is 8.78 Å². The third-order valence-electron chi connectivity index (χ3n) is 7.36. The molecule has 0 radical (unpaired) electrons. The fraction of sp³-hybridized carbons (Fsp3) is 0.375. The van der Waals surface area contributed by atoms with Crippen LogP contribution in [-0.2, 0) is 0 Å². The van der Waals surface area contributed by atoms with Gasteiger partial charge in [-0.2, -0.15) is 0 Å². The van der Waals surface area contributed by atoms with E-state index >= 15 is 4.39 Å². The zero-order valence-corrected chi connectivity index (χ0v) is 20.8. The average Bonchev–Trinajstić information content (AvgIpc) is 2.88. The van der Waals surface area contributed by atoms with Crippen molar-refractivity contribution in [2.75, 3.05) is 0 Å². The molecule has 0 amide bonds. The zero-order valence-electron chi connectivity index (χ0n) is 20.8. The second-order valence-corrected chi connectivity index (χ2v) is 9.90. The summed E-state index contributed by atoms with van der Waals surface area (Å²) >= 11 is 0. The summed E-state index contributed by atoms with van der Waals surface area (Å²) in [4.78, 5) is 0. The van der Waals surface area contributed by atoms with Crippen LogP contribution in [0.2, 0.25) is 0 Å². The average molecular weight is 477 g/mol. The minimum absolute atomic E-state index is 0.207. The molecule has 0 spiro atoms. The van der Waals surface area contributed by atoms with Crippen LogP contribution < -0.4 is 0 Å². The van der Waals surface area contributed by atoms with Gasteiger partial charge in [0.1, 0.15) is 5.82 Å². The molecule has 4 rings (SSSR count). The van der Waals surface area contributed by atoms with Crippen LogP contribution in [0.3, 0.4) is 0 Å². The van der Waals surface area contributed by atoms with E-state index in [1.54, 1.807) is 42.5 Å². The lowest BCUT2D eigenvalue weighted by Gasteiger charge is -2.22. The van der Waals surface area contributed by atoms with Gasteiger partial charge in [0.15, 0.2) is 11.6 Å². The minimum Gasteiger partial charge on any atom is -0.206 e. The smallest absolute Gasteiger partial charge is 0.166 e. The maximum absolute atomic E-state index is 15.1. The molecule has 0 fully saturated rings. The van der Waals surface area contributed by atoms with Crippen LogP contribution in [0.25, 0.3) is 27.8 Å². The molecule has 3 aromatic rings. The summed E-state index contributed by atoms with van der Waals surface area (Å²) in [5.41, 5.74) is 4.47. The highest BCUT2D eigenvalue weighted by Gasteiger charge is 2.17. The first-order chi connectivity index (χ1) is 17.0. The van der Waals surface area contributed by atoms with E-state index in [1.165, 1.54) is 57.4 Å². The maximum Gasteiger partial charge on any atom is 0.166 e. The van der Waals surface area contributed by atoms with E-state index in [0.29, 0.717) is 16.7 Å². The molecule has 0 saturated carbocycles. The van der Waals surface area contributed by atoms with Crippen molar-refractivity contribution in [3.63, 3.8) is 0 Å². The third-order valence-corrected chi connectivity index (χ3v) is 7.36. The van der Waals surface area contributed by atoms with Crippen molar-refractivity contribution < 1.29 is 13.2 Å². The Balaban J connectivity index is 1.42. The molecule has 184 valence electrons. The first-order valence-corrected chi connectivity index (χ1v) is 13.0. The van der Waals surface area contributed by atoms with Gasteiger partial charge in [0.25, 0.3) is 0 Å². The van der Waals surface area contributed by atoms with Crippen molar-refractivity contribution >= 4 is 5.57 Å². The van der Waals surface area contributed by atoms with Crippen molar-refractivity contribution in [3.05, 3.63) is 89.3 Å². The molecule has 0 N–H and O–H groups in total. The molecule has 35 heavy (non-hydrogen) atoms. The van der Waals surface area contributed by atoms with E-state index in [-0.39, 0.29) is 16.9 Å². The number of unbranched alkanes of at least 4 members (excludes halogenated alkanes) is 4. The van der Waals surface area contributed by atoms with Crippen LogP contribution >= 0.6 is 0 Å². The van der Waals surface area contributed by atoms with Crippen LogP contribution in [0.5, 0.6) is 0 Å². The summed E-state index contributed by atoms with van der Waals surface area (Å²) in [6, 6.07) is 15.5. The monoisotopic (exact) mass is 476 g/mol. The lowest BCUT2D eigenvalue weighted by atomic mass is 9.83. The van der Waals surface area contributed by atoms with Crippen LogP contribution in [0.15, 0.2) is 60.7 Å². The van der Waals surface area contributed by atoms with Crippen molar-refractivity contribution in [1.82, 2.24) is 0 Å². The van der Waals surface area contributed by atoms with Crippen LogP contribution in [0.4, 0.5) is 13.2 Å². The van der Waals surface area contributed by atoms with E-state index in [0.717, 1.165) is 24.3 Å². The molecule has 0 saturated heterocycles. The topological polar surface area (TPSA) is 0 Å². The van der Waals surface area contributed by atoms with E-state index in [4.69, 9.17) is 0 Å². The summed E-state index contributed by atoms with van der Waals surface area (Å²) in [5, 5.41) is 0. The Morgan fingerprint density at radius 1 is 0.743 bits per heavy atom. The number of hydrogen-bond acceptors (Lipinski definition) is 0. The van der Waals surface area contributed by atoms with Gasteiger partial charge >= 0.3 is 0 Å². The normalized spacial score (nSPS) is 15.8. The Morgan fingerprint density at radius 2 is 1.40 bits per heavy atom. The van der Waals surface area contributed by atoms with Gasteiger partial charge in [-0.3, -0.25) is 0 Å². The predicted octanol–water partition coefficient (Wildman–Crippen LogP) is 10.3. The highest BCUT2D eigenvalue weighted by Crippen LogP contribution is 2.35. The molecule has 1 aliphatic carbocycles. The summed E-state index contributed by atoms with van der Waals surface area (Å²) in [5.74, 6) is -1.19. The summed E-state index contributed by atoms with van der Waals surface area (Å²) in [7, 11) is 0. The predicted molar refractivity (Wildman–Crippen MR) is 141 cm³/mol.